The first-order valence-electron chi connectivity index (χ1n) is 5.80. The largest absolute Gasteiger partial charge is 0.369 e. The van der Waals surface area contributed by atoms with Gasteiger partial charge in [0.1, 0.15) is 0 Å². The maximum Gasteiger partial charge on any atom is 0.264 e. The van der Waals surface area contributed by atoms with Gasteiger partial charge in [0.15, 0.2) is 0 Å². The highest BCUT2D eigenvalue weighted by Crippen LogP contribution is 2.17. The first-order chi connectivity index (χ1) is 8.21. The summed E-state index contributed by atoms with van der Waals surface area (Å²) in [5, 5.41) is 12.9. The van der Waals surface area contributed by atoms with Gasteiger partial charge in [0.25, 0.3) is 5.91 Å². The van der Waals surface area contributed by atoms with Gasteiger partial charge in [-0.2, -0.15) is 0 Å². The Morgan fingerprint density at radius 1 is 1.24 bits per heavy atom. The molecule has 17 heavy (non-hydrogen) atoms. The van der Waals surface area contributed by atoms with E-state index in [1.165, 1.54) is 0 Å². The van der Waals surface area contributed by atoms with Crippen LogP contribution in [0.25, 0.3) is 0 Å². The Balaban J connectivity index is 2.21. The zero-order chi connectivity index (χ0) is 12.1. The van der Waals surface area contributed by atoms with Gasteiger partial charge < -0.3 is 10.4 Å². The molecule has 2 N–H and O–H groups in total. The molecule has 0 aliphatic carbocycles. The van der Waals surface area contributed by atoms with E-state index in [9.17, 15) is 9.90 Å². The second-order valence-corrected chi connectivity index (χ2v) is 4.19. The minimum atomic E-state index is -1.54. The first kappa shape index (κ1) is 11.7. The lowest BCUT2D eigenvalue weighted by molar-refractivity contribution is -0.134. The number of amides is 1. The van der Waals surface area contributed by atoms with Gasteiger partial charge in [0, 0.05) is 12.1 Å². The van der Waals surface area contributed by atoms with Crippen LogP contribution in [-0.4, -0.2) is 23.2 Å². The molecular formula is C14H15NO2. The van der Waals surface area contributed by atoms with Crippen LogP contribution in [0.3, 0.4) is 0 Å². The molecule has 1 unspecified atom stereocenters. The van der Waals surface area contributed by atoms with Crippen LogP contribution in [0, 0.1) is 11.8 Å². The first-order valence-corrected chi connectivity index (χ1v) is 5.80. The number of carbonyl (C=O) groups excluding carboxylic acids is 1. The Morgan fingerprint density at radius 2 is 2.00 bits per heavy atom. The minimum Gasteiger partial charge on any atom is -0.369 e. The Morgan fingerprint density at radius 3 is 2.76 bits per heavy atom. The van der Waals surface area contributed by atoms with Crippen molar-refractivity contribution in [1.82, 2.24) is 5.32 Å². The summed E-state index contributed by atoms with van der Waals surface area (Å²) in [6.45, 7) is 0.619. The SMILES string of the molecule is O=C1NCCCCC1(O)C#Cc1ccccc1. The summed E-state index contributed by atoms with van der Waals surface area (Å²) in [6.07, 6.45) is 2.10. The number of hydrogen-bond acceptors (Lipinski definition) is 2. The van der Waals surface area contributed by atoms with Gasteiger partial charge in [-0.05, 0) is 31.4 Å². The van der Waals surface area contributed by atoms with E-state index in [0.29, 0.717) is 13.0 Å². The van der Waals surface area contributed by atoms with E-state index in [4.69, 9.17) is 0 Å². The second-order valence-electron chi connectivity index (χ2n) is 4.19. The molecule has 3 heteroatoms. The monoisotopic (exact) mass is 229 g/mol. The molecule has 0 saturated carbocycles. The topological polar surface area (TPSA) is 49.3 Å². The van der Waals surface area contributed by atoms with Crippen molar-refractivity contribution in [2.24, 2.45) is 0 Å². The standard InChI is InChI=1S/C14H15NO2/c16-13-14(17,9-4-5-11-15-13)10-8-12-6-2-1-3-7-12/h1-3,6-7,17H,4-5,9,11H2,(H,15,16). The van der Waals surface area contributed by atoms with Crippen LogP contribution in [0.2, 0.25) is 0 Å². The Hall–Kier alpha value is -1.79. The van der Waals surface area contributed by atoms with Crippen LogP contribution in [0.15, 0.2) is 30.3 Å². The summed E-state index contributed by atoms with van der Waals surface area (Å²) in [6, 6.07) is 9.36. The van der Waals surface area contributed by atoms with Gasteiger partial charge in [-0.3, -0.25) is 4.79 Å². The van der Waals surface area contributed by atoms with Gasteiger partial charge >= 0.3 is 0 Å². The highest BCUT2D eigenvalue weighted by atomic mass is 16.3. The number of rotatable bonds is 0. The van der Waals surface area contributed by atoms with Crippen molar-refractivity contribution in [2.45, 2.75) is 24.9 Å². The van der Waals surface area contributed by atoms with Crippen molar-refractivity contribution in [2.75, 3.05) is 6.54 Å². The molecule has 88 valence electrons. The molecule has 0 bridgehead atoms. The Bertz CT molecular complexity index is 458. The molecule has 1 atom stereocenters. The molecule has 3 nitrogen and oxygen atoms in total. The lowest BCUT2D eigenvalue weighted by Crippen LogP contribution is -2.44. The molecule has 0 aromatic heterocycles. The highest BCUT2D eigenvalue weighted by Gasteiger charge is 2.34. The normalized spacial score (nSPS) is 24.2. The maximum absolute atomic E-state index is 11.7. The van der Waals surface area contributed by atoms with Crippen molar-refractivity contribution in [1.29, 1.82) is 0 Å². The fourth-order valence-corrected chi connectivity index (χ4v) is 1.78. The van der Waals surface area contributed by atoms with Crippen LogP contribution >= 0.6 is 0 Å². The summed E-state index contributed by atoms with van der Waals surface area (Å²) >= 11 is 0. The van der Waals surface area contributed by atoms with Crippen molar-refractivity contribution in [3.8, 4) is 11.8 Å². The van der Waals surface area contributed by atoms with Crippen LogP contribution in [0.4, 0.5) is 0 Å². The summed E-state index contributed by atoms with van der Waals surface area (Å²) in [5.41, 5.74) is -0.732. The number of hydrogen-bond donors (Lipinski definition) is 2. The van der Waals surface area contributed by atoms with Crippen LogP contribution in [0.5, 0.6) is 0 Å². The lowest BCUT2D eigenvalue weighted by Gasteiger charge is -2.17. The van der Waals surface area contributed by atoms with Gasteiger partial charge in [0.05, 0.1) is 0 Å². The third-order valence-corrected chi connectivity index (χ3v) is 2.81. The molecule has 1 aliphatic rings. The zero-order valence-electron chi connectivity index (χ0n) is 9.57. The molecular weight excluding hydrogens is 214 g/mol. The van der Waals surface area contributed by atoms with Crippen molar-refractivity contribution in [3.63, 3.8) is 0 Å². The van der Waals surface area contributed by atoms with E-state index in [1.54, 1.807) is 0 Å². The predicted octanol–water partition coefficient (Wildman–Crippen LogP) is 1.07. The van der Waals surface area contributed by atoms with E-state index < -0.39 is 5.60 Å². The van der Waals surface area contributed by atoms with Crippen LogP contribution in [0.1, 0.15) is 24.8 Å². The van der Waals surface area contributed by atoms with E-state index in [-0.39, 0.29) is 5.91 Å². The molecule has 1 saturated heterocycles. The molecule has 1 heterocycles. The Labute approximate surface area is 101 Å². The van der Waals surface area contributed by atoms with Crippen LogP contribution in [-0.2, 0) is 4.79 Å². The summed E-state index contributed by atoms with van der Waals surface area (Å²) < 4.78 is 0. The van der Waals surface area contributed by atoms with Crippen molar-refractivity contribution in [3.05, 3.63) is 35.9 Å². The molecule has 0 spiro atoms. The average molecular weight is 229 g/mol. The van der Waals surface area contributed by atoms with Gasteiger partial charge in [-0.15, -0.1) is 0 Å². The second kappa shape index (κ2) is 5.03. The fraction of sp³-hybridized carbons (Fsp3) is 0.357. The smallest absolute Gasteiger partial charge is 0.264 e. The highest BCUT2D eigenvalue weighted by molar-refractivity contribution is 5.88. The average Bonchev–Trinajstić information content (AvgIpc) is 2.52. The third kappa shape index (κ3) is 2.86. The number of aliphatic hydroxyl groups is 1. The summed E-state index contributed by atoms with van der Waals surface area (Å²) in [7, 11) is 0. The van der Waals surface area contributed by atoms with Gasteiger partial charge in [-0.25, -0.2) is 0 Å². The predicted molar refractivity (Wildman–Crippen MR) is 65.1 cm³/mol. The summed E-state index contributed by atoms with van der Waals surface area (Å²) in [5.74, 6) is 5.17. The van der Waals surface area contributed by atoms with E-state index >= 15 is 0 Å². The molecule has 1 aromatic rings. The molecule has 1 aliphatic heterocycles. The fourth-order valence-electron chi connectivity index (χ4n) is 1.78. The minimum absolute atomic E-state index is 0.376. The van der Waals surface area contributed by atoms with Crippen molar-refractivity contribution >= 4 is 5.91 Å². The number of benzene rings is 1. The van der Waals surface area contributed by atoms with E-state index in [0.717, 1.165) is 18.4 Å². The summed E-state index contributed by atoms with van der Waals surface area (Å²) in [4.78, 5) is 11.7. The third-order valence-electron chi connectivity index (χ3n) is 2.81. The molecule has 1 amide bonds. The van der Waals surface area contributed by atoms with E-state index in [2.05, 4.69) is 17.2 Å². The molecule has 1 aromatic carbocycles. The molecule has 1 fully saturated rings. The van der Waals surface area contributed by atoms with Crippen molar-refractivity contribution < 1.29 is 9.90 Å². The molecule has 2 rings (SSSR count). The number of nitrogens with one attached hydrogen (secondary N) is 1. The lowest BCUT2D eigenvalue weighted by atomic mass is 9.97. The zero-order valence-corrected chi connectivity index (χ0v) is 9.57. The number of carbonyl (C=O) groups is 1. The maximum atomic E-state index is 11.7. The quantitative estimate of drug-likeness (QED) is 0.654. The Kier molecular flexibility index (Phi) is 3.46. The van der Waals surface area contributed by atoms with Crippen LogP contribution < -0.4 is 5.32 Å². The van der Waals surface area contributed by atoms with Gasteiger partial charge in [-0.1, -0.05) is 30.0 Å². The van der Waals surface area contributed by atoms with Gasteiger partial charge in [0.2, 0.25) is 5.60 Å². The van der Waals surface area contributed by atoms with E-state index in [1.807, 2.05) is 30.3 Å². The molecule has 0 radical (unpaired) electrons.